The van der Waals surface area contributed by atoms with Crippen LogP contribution in [0.15, 0.2) is 35.0 Å². The predicted molar refractivity (Wildman–Crippen MR) is 128 cm³/mol. The van der Waals surface area contributed by atoms with Gasteiger partial charge >= 0.3 is 0 Å². The van der Waals surface area contributed by atoms with Gasteiger partial charge in [0.25, 0.3) is 0 Å². The van der Waals surface area contributed by atoms with Gasteiger partial charge in [-0.05, 0) is 25.3 Å². The molecule has 32 heavy (non-hydrogen) atoms. The van der Waals surface area contributed by atoms with E-state index in [0.29, 0.717) is 11.7 Å². The van der Waals surface area contributed by atoms with Gasteiger partial charge in [-0.3, -0.25) is 5.41 Å². The average molecular weight is 437 g/mol. The molecule has 1 saturated heterocycles. The Morgan fingerprint density at radius 3 is 2.66 bits per heavy atom. The van der Waals surface area contributed by atoms with Crippen molar-refractivity contribution in [3.05, 3.63) is 36.4 Å². The molecule has 1 aromatic carbocycles. The Hall–Kier alpha value is -2.83. The number of benzene rings is 1. The van der Waals surface area contributed by atoms with E-state index in [1.807, 2.05) is 4.90 Å². The average Bonchev–Trinajstić information content (AvgIpc) is 3.53. The van der Waals surface area contributed by atoms with Crippen LogP contribution in [0.25, 0.3) is 22.3 Å². The molecule has 1 aliphatic heterocycles. The minimum atomic E-state index is -0.0978. The molecule has 0 aliphatic carbocycles. The SMILES string of the molecule is CCCCCCCCCCn1cc(-c2noc(C3CCCN3C(=N)N)n2)c2ccccc21. The molecule has 3 heterocycles. The van der Waals surface area contributed by atoms with Crippen molar-refractivity contribution >= 4 is 16.9 Å². The number of para-hydroxylation sites is 1. The van der Waals surface area contributed by atoms with Gasteiger partial charge < -0.3 is 19.7 Å². The molecular weight excluding hydrogens is 400 g/mol. The summed E-state index contributed by atoms with van der Waals surface area (Å²) in [5, 5.41) is 13.2. The van der Waals surface area contributed by atoms with E-state index in [4.69, 9.17) is 20.7 Å². The van der Waals surface area contributed by atoms with Crippen LogP contribution in [0, 0.1) is 5.41 Å². The first-order valence-electron chi connectivity index (χ1n) is 12.2. The van der Waals surface area contributed by atoms with Gasteiger partial charge in [0.05, 0.1) is 0 Å². The number of nitrogens with two attached hydrogens (primary N) is 1. The number of unbranched alkanes of at least 4 members (excludes halogenated alkanes) is 7. The standard InChI is InChI=1S/C25H36N6O/c1-2-3-4-5-6-7-8-11-16-30-18-20(19-13-9-10-14-21(19)30)23-28-24(32-29-23)22-15-12-17-31(22)25(26)27/h9-10,13-14,18,22H,2-8,11-12,15-17H2,1H3,(H3,26,27). The molecule has 2 aromatic heterocycles. The molecule has 3 N–H and O–H groups in total. The van der Waals surface area contributed by atoms with Crippen molar-refractivity contribution in [1.82, 2.24) is 19.6 Å². The summed E-state index contributed by atoms with van der Waals surface area (Å²) in [7, 11) is 0. The van der Waals surface area contributed by atoms with Gasteiger partial charge in [0, 0.05) is 35.8 Å². The number of hydrogen-bond acceptors (Lipinski definition) is 4. The lowest BCUT2D eigenvalue weighted by Crippen LogP contribution is -2.35. The van der Waals surface area contributed by atoms with Gasteiger partial charge in [0.1, 0.15) is 6.04 Å². The van der Waals surface area contributed by atoms with E-state index >= 15 is 0 Å². The van der Waals surface area contributed by atoms with Crippen LogP contribution in [0.4, 0.5) is 0 Å². The molecule has 3 aromatic rings. The molecule has 0 spiro atoms. The second kappa shape index (κ2) is 10.7. The Kier molecular flexibility index (Phi) is 7.45. The molecule has 0 saturated carbocycles. The van der Waals surface area contributed by atoms with Crippen molar-refractivity contribution < 1.29 is 4.52 Å². The number of rotatable bonds is 11. The highest BCUT2D eigenvalue weighted by atomic mass is 16.5. The molecular formula is C25H36N6O. The number of aryl methyl sites for hydroxylation is 1. The number of guanidine groups is 1. The highest BCUT2D eigenvalue weighted by Gasteiger charge is 2.32. The monoisotopic (exact) mass is 436 g/mol. The Morgan fingerprint density at radius 1 is 1.12 bits per heavy atom. The van der Waals surface area contributed by atoms with Crippen LogP contribution in [0.5, 0.6) is 0 Å². The van der Waals surface area contributed by atoms with E-state index in [0.717, 1.165) is 36.9 Å². The number of hydrogen-bond donors (Lipinski definition) is 2. The third-order valence-corrected chi connectivity index (χ3v) is 6.57. The smallest absolute Gasteiger partial charge is 0.249 e. The molecule has 7 nitrogen and oxygen atoms in total. The van der Waals surface area contributed by atoms with Gasteiger partial charge in [-0.2, -0.15) is 4.98 Å². The number of nitrogens with one attached hydrogen (secondary N) is 1. The topological polar surface area (TPSA) is 97.0 Å². The highest BCUT2D eigenvalue weighted by Crippen LogP contribution is 2.34. The van der Waals surface area contributed by atoms with Gasteiger partial charge in [-0.1, -0.05) is 75.2 Å². The maximum atomic E-state index is 7.80. The second-order valence-corrected chi connectivity index (χ2v) is 8.92. The van der Waals surface area contributed by atoms with Crippen molar-refractivity contribution in [2.45, 2.75) is 83.7 Å². The minimum Gasteiger partial charge on any atom is -0.370 e. The van der Waals surface area contributed by atoms with E-state index in [1.165, 1.54) is 56.9 Å². The zero-order valence-corrected chi connectivity index (χ0v) is 19.2. The predicted octanol–water partition coefficient (Wildman–Crippen LogP) is 5.86. The Bertz CT molecular complexity index is 1020. The third-order valence-electron chi connectivity index (χ3n) is 6.57. The van der Waals surface area contributed by atoms with Crippen LogP contribution in [0.3, 0.4) is 0 Å². The fraction of sp³-hybridized carbons (Fsp3) is 0.560. The zero-order valence-electron chi connectivity index (χ0n) is 19.2. The molecule has 172 valence electrons. The van der Waals surface area contributed by atoms with Crippen LogP contribution in [-0.4, -0.2) is 32.1 Å². The molecule has 0 amide bonds. The minimum absolute atomic E-state index is 0.0641. The van der Waals surface area contributed by atoms with E-state index in [-0.39, 0.29) is 12.0 Å². The Labute approximate surface area is 190 Å². The van der Waals surface area contributed by atoms with Gasteiger partial charge in [0.2, 0.25) is 11.7 Å². The molecule has 1 atom stereocenters. The van der Waals surface area contributed by atoms with Crippen molar-refractivity contribution in [1.29, 1.82) is 5.41 Å². The summed E-state index contributed by atoms with van der Waals surface area (Å²) in [6.45, 7) is 4.02. The highest BCUT2D eigenvalue weighted by molar-refractivity contribution is 5.94. The second-order valence-electron chi connectivity index (χ2n) is 8.92. The number of aromatic nitrogens is 3. The van der Waals surface area contributed by atoms with Crippen molar-refractivity contribution in [3.8, 4) is 11.4 Å². The molecule has 4 rings (SSSR count). The van der Waals surface area contributed by atoms with Crippen molar-refractivity contribution in [3.63, 3.8) is 0 Å². The first kappa shape index (κ1) is 22.4. The molecule has 1 fully saturated rings. The number of likely N-dealkylation sites (tertiary alicyclic amines) is 1. The summed E-state index contributed by atoms with van der Waals surface area (Å²) < 4.78 is 7.96. The first-order valence-corrected chi connectivity index (χ1v) is 12.2. The van der Waals surface area contributed by atoms with Crippen LogP contribution in [0.2, 0.25) is 0 Å². The number of fused-ring (bicyclic) bond motifs is 1. The molecule has 7 heteroatoms. The zero-order chi connectivity index (χ0) is 22.3. The molecule has 1 aliphatic rings. The Balaban J connectivity index is 1.44. The summed E-state index contributed by atoms with van der Waals surface area (Å²) in [5.41, 5.74) is 7.95. The van der Waals surface area contributed by atoms with E-state index in [2.05, 4.69) is 47.1 Å². The normalized spacial score (nSPS) is 16.3. The third kappa shape index (κ3) is 4.97. The fourth-order valence-corrected chi connectivity index (χ4v) is 4.82. The fourth-order valence-electron chi connectivity index (χ4n) is 4.82. The van der Waals surface area contributed by atoms with Crippen LogP contribution in [-0.2, 0) is 6.54 Å². The lowest BCUT2D eigenvalue weighted by molar-refractivity contribution is 0.283. The van der Waals surface area contributed by atoms with E-state index in [1.54, 1.807) is 0 Å². The lowest BCUT2D eigenvalue weighted by Gasteiger charge is -2.21. The van der Waals surface area contributed by atoms with E-state index in [9.17, 15) is 0 Å². The first-order chi connectivity index (χ1) is 15.7. The van der Waals surface area contributed by atoms with Gasteiger partial charge in [0.15, 0.2) is 5.96 Å². The summed E-state index contributed by atoms with van der Waals surface area (Å²) >= 11 is 0. The maximum Gasteiger partial charge on any atom is 0.249 e. The molecule has 0 radical (unpaired) electrons. The summed E-state index contributed by atoms with van der Waals surface area (Å²) in [6.07, 6.45) is 14.5. The summed E-state index contributed by atoms with van der Waals surface area (Å²) in [5.74, 6) is 1.23. The van der Waals surface area contributed by atoms with Crippen molar-refractivity contribution in [2.24, 2.45) is 5.73 Å². The quantitative estimate of drug-likeness (QED) is 0.223. The molecule has 0 bridgehead atoms. The Morgan fingerprint density at radius 2 is 1.88 bits per heavy atom. The summed E-state index contributed by atoms with van der Waals surface area (Å²) in [6, 6.07) is 8.34. The number of nitrogens with zero attached hydrogens (tertiary/aromatic N) is 4. The lowest BCUT2D eigenvalue weighted by atomic mass is 10.1. The van der Waals surface area contributed by atoms with E-state index < -0.39 is 0 Å². The van der Waals surface area contributed by atoms with Crippen LogP contribution >= 0.6 is 0 Å². The van der Waals surface area contributed by atoms with Gasteiger partial charge in [-0.15, -0.1) is 0 Å². The largest absolute Gasteiger partial charge is 0.370 e. The molecule has 1 unspecified atom stereocenters. The van der Waals surface area contributed by atoms with Crippen molar-refractivity contribution in [2.75, 3.05) is 6.54 Å². The maximum absolute atomic E-state index is 7.80. The van der Waals surface area contributed by atoms with Gasteiger partial charge in [-0.25, -0.2) is 0 Å². The van der Waals surface area contributed by atoms with Crippen LogP contribution < -0.4 is 5.73 Å². The summed E-state index contributed by atoms with van der Waals surface area (Å²) in [4.78, 5) is 6.55. The van der Waals surface area contributed by atoms with Crippen LogP contribution in [0.1, 0.15) is 83.1 Å².